The van der Waals surface area contributed by atoms with Crippen LogP contribution in [-0.2, 0) is 17.9 Å². The summed E-state index contributed by atoms with van der Waals surface area (Å²) in [4.78, 5) is 19.0. The molecule has 1 unspecified atom stereocenters. The maximum atomic E-state index is 13.2. The largest absolute Gasteiger partial charge is 0.384 e. The van der Waals surface area contributed by atoms with Crippen LogP contribution >= 0.6 is 0 Å². The lowest BCUT2D eigenvalue weighted by molar-refractivity contribution is -0.133. The maximum Gasteiger partial charge on any atom is 0.245 e. The number of nitrogen functional groups attached to an aromatic ring is 1. The zero-order chi connectivity index (χ0) is 20.1. The minimum absolute atomic E-state index is 0.00219. The predicted molar refractivity (Wildman–Crippen MR) is 111 cm³/mol. The molecule has 0 aliphatic carbocycles. The Labute approximate surface area is 163 Å². The number of fused-ring (bicyclic) bond motifs is 1. The van der Waals surface area contributed by atoms with E-state index in [1.807, 2.05) is 41.3 Å². The molecule has 28 heavy (non-hydrogen) atoms. The van der Waals surface area contributed by atoms with Crippen molar-refractivity contribution in [1.82, 2.24) is 4.90 Å². The molecular weight excluding hydrogens is 354 g/mol. The van der Waals surface area contributed by atoms with Gasteiger partial charge in [-0.2, -0.15) is 0 Å². The summed E-state index contributed by atoms with van der Waals surface area (Å²) in [7, 11) is 0. The van der Waals surface area contributed by atoms with Crippen LogP contribution in [0.25, 0.3) is 0 Å². The molecule has 0 spiro atoms. The number of nitrogens with two attached hydrogens (primary N) is 3. The predicted octanol–water partition coefficient (Wildman–Crippen LogP) is 0.957. The molecule has 0 aromatic heterocycles. The Morgan fingerprint density at radius 2 is 1.86 bits per heavy atom. The van der Waals surface area contributed by atoms with Crippen LogP contribution in [0.1, 0.15) is 23.1 Å². The van der Waals surface area contributed by atoms with Gasteiger partial charge in [-0.3, -0.25) is 15.2 Å². The fourth-order valence-corrected chi connectivity index (χ4v) is 3.21. The van der Waals surface area contributed by atoms with E-state index in [-0.39, 0.29) is 17.7 Å². The Balaban J connectivity index is 1.82. The van der Waals surface area contributed by atoms with Crippen LogP contribution in [0.4, 0.5) is 5.69 Å². The molecule has 1 aliphatic rings. The molecule has 8 N–H and O–H groups in total. The highest BCUT2D eigenvalue weighted by Gasteiger charge is 2.28. The topological polar surface area (TPSA) is 147 Å². The number of carbonyl (C=O) groups is 1. The summed E-state index contributed by atoms with van der Waals surface area (Å²) < 4.78 is 0. The van der Waals surface area contributed by atoms with E-state index >= 15 is 0 Å². The summed E-state index contributed by atoms with van der Waals surface area (Å²) >= 11 is 0. The highest BCUT2D eigenvalue weighted by atomic mass is 16.2. The third-order valence-corrected chi connectivity index (χ3v) is 4.67. The zero-order valence-electron chi connectivity index (χ0n) is 15.6. The van der Waals surface area contributed by atoms with Gasteiger partial charge >= 0.3 is 0 Å². The lowest BCUT2D eigenvalue weighted by Crippen LogP contribution is -2.40. The summed E-state index contributed by atoms with van der Waals surface area (Å²) in [5.41, 5.74) is 19.9. The van der Waals surface area contributed by atoms with Gasteiger partial charge < -0.3 is 27.4 Å². The van der Waals surface area contributed by atoms with Gasteiger partial charge in [-0.25, -0.2) is 0 Å². The van der Waals surface area contributed by atoms with Crippen molar-refractivity contribution in [3.05, 3.63) is 65.2 Å². The molecule has 1 heterocycles. The fourth-order valence-electron chi connectivity index (χ4n) is 3.21. The molecular formula is C20H25N7O. The number of nitrogens with one attached hydrogen (secondary N) is 2. The molecule has 0 saturated carbocycles. The molecule has 3 rings (SSSR count). The molecule has 0 radical (unpaired) electrons. The number of guanidine groups is 1. The van der Waals surface area contributed by atoms with Crippen molar-refractivity contribution in [2.75, 3.05) is 11.9 Å². The molecule has 0 fully saturated rings. The lowest BCUT2D eigenvalue weighted by Gasteiger charge is -2.24. The first-order chi connectivity index (χ1) is 13.4. The standard InChI is InChI=1S/C20H25N7O/c21-18(22)14-7-5-13(6-8-14)11-27-12-15-3-1-2-4-16(15)26-17(19(27)28)9-10-25-20(23)24/h1-8,17,26H,9-12H2,(H3,21,22)(H4,23,24,25). The number of benzene rings is 2. The van der Waals surface area contributed by atoms with Crippen molar-refractivity contribution in [2.24, 2.45) is 22.2 Å². The van der Waals surface area contributed by atoms with Gasteiger partial charge in [-0.15, -0.1) is 0 Å². The first-order valence-electron chi connectivity index (χ1n) is 9.06. The molecule has 1 atom stereocenters. The first-order valence-corrected chi connectivity index (χ1v) is 9.06. The Bertz CT molecular complexity index is 888. The van der Waals surface area contributed by atoms with E-state index in [9.17, 15) is 4.79 Å². The second-order valence-corrected chi connectivity index (χ2v) is 6.75. The molecule has 2 aromatic carbocycles. The van der Waals surface area contributed by atoms with E-state index < -0.39 is 6.04 Å². The normalized spacial score (nSPS) is 15.9. The minimum atomic E-state index is -0.414. The summed E-state index contributed by atoms with van der Waals surface area (Å²) in [5.74, 6) is 0.0387. The third-order valence-electron chi connectivity index (χ3n) is 4.67. The quantitative estimate of drug-likeness (QED) is 0.375. The molecule has 0 saturated heterocycles. The molecule has 8 nitrogen and oxygen atoms in total. The number of carbonyl (C=O) groups excluding carboxylic acids is 1. The van der Waals surface area contributed by atoms with Gasteiger partial charge in [0.05, 0.1) is 0 Å². The maximum absolute atomic E-state index is 13.2. The van der Waals surface area contributed by atoms with Gasteiger partial charge in [0.2, 0.25) is 5.91 Å². The molecule has 146 valence electrons. The molecule has 2 aromatic rings. The number of hydrogen-bond acceptors (Lipinski definition) is 4. The van der Waals surface area contributed by atoms with Crippen LogP contribution in [0, 0.1) is 5.41 Å². The Kier molecular flexibility index (Phi) is 5.78. The van der Waals surface area contributed by atoms with E-state index in [0.29, 0.717) is 31.6 Å². The van der Waals surface area contributed by atoms with Crippen LogP contribution in [-0.4, -0.2) is 35.2 Å². The SMILES string of the molecule is N=C(N)c1ccc(CN2Cc3ccccc3NC(CCN=C(N)N)C2=O)cc1. The van der Waals surface area contributed by atoms with Crippen molar-refractivity contribution in [1.29, 1.82) is 5.41 Å². The molecule has 0 bridgehead atoms. The molecule has 1 amide bonds. The summed E-state index contributed by atoms with van der Waals surface area (Å²) in [6.45, 7) is 1.34. The number of rotatable bonds is 6. The van der Waals surface area contributed by atoms with E-state index in [0.717, 1.165) is 16.8 Å². The average Bonchev–Trinajstić information content (AvgIpc) is 2.79. The van der Waals surface area contributed by atoms with Crippen LogP contribution in [0.2, 0.25) is 0 Å². The first kappa shape index (κ1) is 19.2. The van der Waals surface area contributed by atoms with Crippen molar-refractivity contribution in [3.63, 3.8) is 0 Å². The van der Waals surface area contributed by atoms with Gasteiger partial charge in [0, 0.05) is 30.9 Å². The second-order valence-electron chi connectivity index (χ2n) is 6.75. The second kappa shape index (κ2) is 8.43. The number of anilines is 1. The van der Waals surface area contributed by atoms with Crippen LogP contribution < -0.4 is 22.5 Å². The number of amidine groups is 1. The summed E-state index contributed by atoms with van der Waals surface area (Å²) in [6.07, 6.45) is 0.491. The fraction of sp³-hybridized carbons (Fsp3) is 0.250. The van der Waals surface area contributed by atoms with E-state index in [1.165, 1.54) is 0 Å². The number of aliphatic imine (C=N–C) groups is 1. The lowest BCUT2D eigenvalue weighted by atomic mass is 10.1. The Morgan fingerprint density at radius 1 is 1.14 bits per heavy atom. The molecule has 1 aliphatic heterocycles. The Morgan fingerprint density at radius 3 is 2.54 bits per heavy atom. The van der Waals surface area contributed by atoms with Gasteiger partial charge in [0.15, 0.2) is 5.96 Å². The smallest absolute Gasteiger partial charge is 0.245 e. The van der Waals surface area contributed by atoms with Crippen molar-refractivity contribution in [2.45, 2.75) is 25.6 Å². The monoisotopic (exact) mass is 379 g/mol. The van der Waals surface area contributed by atoms with E-state index in [4.69, 9.17) is 22.6 Å². The van der Waals surface area contributed by atoms with Crippen molar-refractivity contribution >= 4 is 23.4 Å². The van der Waals surface area contributed by atoms with Crippen molar-refractivity contribution < 1.29 is 4.79 Å². The number of hydrogen-bond donors (Lipinski definition) is 5. The van der Waals surface area contributed by atoms with Crippen LogP contribution in [0.5, 0.6) is 0 Å². The summed E-state index contributed by atoms with van der Waals surface area (Å²) in [5, 5.41) is 10.8. The number of para-hydroxylation sites is 1. The third kappa shape index (κ3) is 4.59. The highest BCUT2D eigenvalue weighted by molar-refractivity contribution is 5.94. The van der Waals surface area contributed by atoms with Gasteiger partial charge in [0.25, 0.3) is 0 Å². The van der Waals surface area contributed by atoms with Crippen molar-refractivity contribution in [3.8, 4) is 0 Å². The minimum Gasteiger partial charge on any atom is -0.384 e. The highest BCUT2D eigenvalue weighted by Crippen LogP contribution is 2.25. The Hall–Kier alpha value is -3.55. The number of amides is 1. The van der Waals surface area contributed by atoms with E-state index in [2.05, 4.69) is 10.3 Å². The van der Waals surface area contributed by atoms with Gasteiger partial charge in [-0.05, 0) is 23.6 Å². The van der Waals surface area contributed by atoms with Gasteiger partial charge in [-0.1, -0.05) is 42.5 Å². The van der Waals surface area contributed by atoms with Crippen LogP contribution in [0.3, 0.4) is 0 Å². The van der Waals surface area contributed by atoms with E-state index in [1.54, 1.807) is 12.1 Å². The van der Waals surface area contributed by atoms with Gasteiger partial charge in [0.1, 0.15) is 11.9 Å². The zero-order valence-corrected chi connectivity index (χ0v) is 15.6. The average molecular weight is 379 g/mol. The molecule has 8 heteroatoms. The number of nitrogens with zero attached hydrogens (tertiary/aromatic N) is 2. The van der Waals surface area contributed by atoms with Crippen LogP contribution in [0.15, 0.2) is 53.5 Å². The summed E-state index contributed by atoms with van der Waals surface area (Å²) in [6, 6.07) is 14.9.